The molecule has 0 atom stereocenters. The first-order valence-corrected chi connectivity index (χ1v) is 6.21. The Balaban J connectivity index is 2.06. The molecule has 3 rings (SSSR count). The zero-order valence-corrected chi connectivity index (χ0v) is 11.6. The van der Waals surface area contributed by atoms with E-state index in [1.807, 2.05) is 6.07 Å². The molecule has 0 saturated heterocycles. The number of rotatable bonds is 3. The third-order valence-corrected chi connectivity index (χ3v) is 2.89. The molecule has 0 spiro atoms. The molecule has 8 heteroatoms. The monoisotopic (exact) mass is 301 g/mol. The van der Waals surface area contributed by atoms with E-state index in [9.17, 15) is 0 Å². The highest BCUT2D eigenvalue weighted by molar-refractivity contribution is 6.29. The van der Waals surface area contributed by atoms with Gasteiger partial charge in [-0.3, -0.25) is 0 Å². The number of hydrogen-bond donors (Lipinski definition) is 0. The van der Waals surface area contributed by atoms with Crippen molar-refractivity contribution in [3.05, 3.63) is 41.3 Å². The Hall–Kier alpha value is -2.85. The van der Waals surface area contributed by atoms with Gasteiger partial charge in [-0.05, 0) is 12.1 Å². The summed E-state index contributed by atoms with van der Waals surface area (Å²) in [4.78, 5) is 7.96. The highest BCUT2D eigenvalue weighted by atomic mass is 35.5. The lowest BCUT2D eigenvalue weighted by Crippen LogP contribution is -1.99. The second-order valence-corrected chi connectivity index (χ2v) is 4.36. The van der Waals surface area contributed by atoms with Gasteiger partial charge >= 0.3 is 0 Å². The number of halogens is 1. The molecule has 2 aromatic heterocycles. The summed E-state index contributed by atoms with van der Waals surface area (Å²) in [6.45, 7) is 0. The number of benzene rings is 1. The van der Waals surface area contributed by atoms with Crippen molar-refractivity contribution in [2.24, 2.45) is 0 Å². The van der Waals surface area contributed by atoms with Crippen molar-refractivity contribution in [3.8, 4) is 23.4 Å². The van der Waals surface area contributed by atoms with Crippen LogP contribution in [0.25, 0.3) is 5.78 Å². The molecule has 1 aromatic carbocycles. The van der Waals surface area contributed by atoms with Gasteiger partial charge in [-0.1, -0.05) is 11.6 Å². The van der Waals surface area contributed by atoms with Crippen molar-refractivity contribution < 1.29 is 9.47 Å². The number of hydrogen-bond acceptors (Lipinski definition) is 6. The normalized spacial score (nSPS) is 10.3. The Bertz CT molecular complexity index is 855. The fourth-order valence-corrected chi connectivity index (χ4v) is 1.93. The molecule has 0 unspecified atom stereocenters. The van der Waals surface area contributed by atoms with Gasteiger partial charge in [0.05, 0.1) is 18.7 Å². The van der Waals surface area contributed by atoms with E-state index >= 15 is 0 Å². The van der Waals surface area contributed by atoms with Gasteiger partial charge in [0, 0.05) is 12.1 Å². The molecule has 0 aliphatic rings. The Morgan fingerprint density at radius 1 is 1.29 bits per heavy atom. The molecular weight excluding hydrogens is 294 g/mol. The topological polar surface area (TPSA) is 85.3 Å². The van der Waals surface area contributed by atoms with Crippen molar-refractivity contribution in [1.82, 2.24) is 19.6 Å². The first-order valence-electron chi connectivity index (χ1n) is 5.83. The minimum Gasteiger partial charge on any atom is -0.493 e. The van der Waals surface area contributed by atoms with Crippen molar-refractivity contribution in [2.45, 2.75) is 0 Å². The van der Waals surface area contributed by atoms with Crippen LogP contribution >= 0.6 is 11.6 Å². The Morgan fingerprint density at radius 3 is 2.90 bits per heavy atom. The molecule has 0 aliphatic carbocycles. The number of fused-ring (bicyclic) bond motifs is 1. The number of nitriles is 1. The SMILES string of the molecule is COc1cc(C#N)ccc1Oc1cc(Cl)nc2ncnn12. The molecule has 2 heterocycles. The fraction of sp³-hybridized carbons (Fsp3) is 0.0769. The Morgan fingerprint density at radius 2 is 2.14 bits per heavy atom. The van der Waals surface area contributed by atoms with Gasteiger partial charge in [0.1, 0.15) is 11.5 Å². The van der Waals surface area contributed by atoms with Crippen LogP contribution in [0.4, 0.5) is 0 Å². The maximum Gasteiger partial charge on any atom is 0.256 e. The second kappa shape index (κ2) is 5.26. The first kappa shape index (κ1) is 13.1. The summed E-state index contributed by atoms with van der Waals surface area (Å²) in [5.41, 5.74) is 0.470. The lowest BCUT2D eigenvalue weighted by atomic mass is 10.2. The van der Waals surface area contributed by atoms with E-state index in [4.69, 9.17) is 26.3 Å². The van der Waals surface area contributed by atoms with Gasteiger partial charge in [0.15, 0.2) is 11.5 Å². The molecule has 104 valence electrons. The van der Waals surface area contributed by atoms with E-state index in [0.29, 0.717) is 28.7 Å². The van der Waals surface area contributed by atoms with Crippen LogP contribution in [0.1, 0.15) is 5.56 Å². The summed E-state index contributed by atoms with van der Waals surface area (Å²) in [6.07, 6.45) is 1.35. The maximum absolute atomic E-state index is 8.89. The van der Waals surface area contributed by atoms with Crippen LogP contribution in [0, 0.1) is 11.3 Å². The number of nitrogens with zero attached hydrogens (tertiary/aromatic N) is 5. The van der Waals surface area contributed by atoms with Crippen LogP contribution in [-0.2, 0) is 0 Å². The van der Waals surface area contributed by atoms with Crippen molar-refractivity contribution in [3.63, 3.8) is 0 Å². The van der Waals surface area contributed by atoms with Crippen molar-refractivity contribution in [2.75, 3.05) is 7.11 Å². The summed E-state index contributed by atoms with van der Waals surface area (Å²) in [6, 6.07) is 8.39. The highest BCUT2D eigenvalue weighted by Gasteiger charge is 2.12. The minimum atomic E-state index is 0.234. The lowest BCUT2D eigenvalue weighted by molar-refractivity contribution is 0.370. The van der Waals surface area contributed by atoms with Crippen LogP contribution in [0.15, 0.2) is 30.6 Å². The maximum atomic E-state index is 8.89. The molecule has 21 heavy (non-hydrogen) atoms. The Labute approximate surface area is 124 Å². The van der Waals surface area contributed by atoms with Crippen molar-refractivity contribution in [1.29, 1.82) is 5.26 Å². The minimum absolute atomic E-state index is 0.234. The summed E-state index contributed by atoms with van der Waals surface area (Å²) in [5.74, 6) is 1.52. The van der Waals surface area contributed by atoms with Crippen LogP contribution in [-0.4, -0.2) is 26.7 Å². The van der Waals surface area contributed by atoms with Crippen LogP contribution in [0.5, 0.6) is 17.4 Å². The molecule has 0 N–H and O–H groups in total. The molecule has 0 amide bonds. The van der Waals surface area contributed by atoms with E-state index in [1.54, 1.807) is 18.2 Å². The van der Waals surface area contributed by atoms with Gasteiger partial charge < -0.3 is 9.47 Å². The summed E-state index contributed by atoms with van der Waals surface area (Å²) < 4.78 is 12.4. The summed E-state index contributed by atoms with van der Waals surface area (Å²) in [7, 11) is 1.49. The zero-order chi connectivity index (χ0) is 14.8. The predicted molar refractivity (Wildman–Crippen MR) is 73.6 cm³/mol. The molecular formula is C13H8ClN5O2. The van der Waals surface area contributed by atoms with Gasteiger partial charge in [0.25, 0.3) is 5.78 Å². The van der Waals surface area contributed by atoms with Crippen LogP contribution < -0.4 is 9.47 Å². The third-order valence-electron chi connectivity index (χ3n) is 2.70. The molecule has 0 radical (unpaired) electrons. The molecule has 3 aromatic rings. The third kappa shape index (κ3) is 2.44. The van der Waals surface area contributed by atoms with Gasteiger partial charge in [-0.25, -0.2) is 0 Å². The van der Waals surface area contributed by atoms with Gasteiger partial charge in [-0.15, -0.1) is 0 Å². The van der Waals surface area contributed by atoms with E-state index in [0.717, 1.165) is 0 Å². The second-order valence-electron chi connectivity index (χ2n) is 3.97. The van der Waals surface area contributed by atoms with Crippen LogP contribution in [0.3, 0.4) is 0 Å². The number of aromatic nitrogens is 4. The Kier molecular flexibility index (Phi) is 3.30. The molecule has 0 bridgehead atoms. The van der Waals surface area contributed by atoms with E-state index in [-0.39, 0.29) is 5.15 Å². The highest BCUT2D eigenvalue weighted by Crippen LogP contribution is 2.32. The predicted octanol–water partition coefficient (Wildman–Crippen LogP) is 2.45. The van der Waals surface area contributed by atoms with E-state index in [2.05, 4.69) is 15.1 Å². The number of ether oxygens (including phenoxy) is 2. The van der Waals surface area contributed by atoms with E-state index < -0.39 is 0 Å². The fourth-order valence-electron chi connectivity index (χ4n) is 1.76. The summed E-state index contributed by atoms with van der Waals surface area (Å²) >= 11 is 5.92. The standard InChI is InChI=1S/C13H8ClN5O2/c1-20-10-4-8(6-15)2-3-9(10)21-12-5-11(14)18-13-16-7-17-19(12)13/h2-5,7H,1H3. The quantitative estimate of drug-likeness (QED) is 0.691. The molecule has 0 fully saturated rings. The average Bonchev–Trinajstić information content (AvgIpc) is 2.96. The summed E-state index contributed by atoms with van der Waals surface area (Å²) in [5, 5.41) is 13.1. The molecule has 0 aliphatic heterocycles. The zero-order valence-electron chi connectivity index (χ0n) is 10.8. The largest absolute Gasteiger partial charge is 0.493 e. The molecule has 0 saturated carbocycles. The average molecular weight is 302 g/mol. The van der Waals surface area contributed by atoms with Crippen molar-refractivity contribution >= 4 is 17.4 Å². The number of methoxy groups -OCH3 is 1. The van der Waals surface area contributed by atoms with Crippen LogP contribution in [0.2, 0.25) is 5.15 Å². The smallest absolute Gasteiger partial charge is 0.256 e. The van der Waals surface area contributed by atoms with Gasteiger partial charge in [-0.2, -0.15) is 24.8 Å². The first-order chi connectivity index (χ1) is 10.2. The van der Waals surface area contributed by atoms with E-state index in [1.165, 1.54) is 24.0 Å². The molecule has 7 nitrogen and oxygen atoms in total. The van der Waals surface area contributed by atoms with Gasteiger partial charge in [0.2, 0.25) is 5.88 Å². The lowest BCUT2D eigenvalue weighted by Gasteiger charge is -2.11.